The van der Waals surface area contributed by atoms with Crippen LogP contribution in [0.2, 0.25) is 0 Å². The zero-order chi connectivity index (χ0) is 22.2. The number of aliphatic hydroxyl groups excluding tert-OH is 1. The standard InChI is InChI=1S/C26H26N2O4/c1-2-3-12-28-23(19-15-27-20-9-5-4-8-18(19)20)22(25(30)26(28)31)24(29)17-10-11-21-16(14-17)7-6-13-32-21/h4-5,8-11,14-15,23,27,29H,2-3,6-7,12-13H2,1H3/b24-22+. The molecule has 1 atom stereocenters. The van der Waals surface area contributed by atoms with Crippen LogP contribution < -0.4 is 4.74 Å². The summed E-state index contributed by atoms with van der Waals surface area (Å²) in [6.07, 6.45) is 5.28. The lowest BCUT2D eigenvalue weighted by Crippen LogP contribution is -2.30. The Morgan fingerprint density at radius 2 is 2.06 bits per heavy atom. The van der Waals surface area contributed by atoms with E-state index in [1.165, 1.54) is 0 Å². The number of ether oxygens (including phenoxy) is 1. The van der Waals surface area contributed by atoms with Gasteiger partial charge in [-0.15, -0.1) is 0 Å². The smallest absolute Gasteiger partial charge is 0.295 e. The fourth-order valence-corrected chi connectivity index (χ4v) is 4.75. The van der Waals surface area contributed by atoms with Crippen molar-refractivity contribution in [1.29, 1.82) is 0 Å². The number of hydrogen-bond donors (Lipinski definition) is 2. The molecule has 6 nitrogen and oxygen atoms in total. The van der Waals surface area contributed by atoms with E-state index in [1.807, 2.05) is 49.5 Å². The van der Waals surface area contributed by atoms with Crippen molar-refractivity contribution < 1.29 is 19.4 Å². The van der Waals surface area contributed by atoms with Gasteiger partial charge in [0.25, 0.3) is 11.7 Å². The molecule has 0 spiro atoms. The number of nitrogens with one attached hydrogen (secondary N) is 1. The normalized spacial score (nSPS) is 19.9. The molecular weight excluding hydrogens is 404 g/mol. The number of likely N-dealkylation sites (tertiary alicyclic amines) is 1. The van der Waals surface area contributed by atoms with Gasteiger partial charge in [-0.25, -0.2) is 0 Å². The highest BCUT2D eigenvalue weighted by Gasteiger charge is 2.46. The quantitative estimate of drug-likeness (QED) is 0.349. The van der Waals surface area contributed by atoms with Gasteiger partial charge in [-0.1, -0.05) is 31.5 Å². The Kier molecular flexibility index (Phi) is 5.21. The van der Waals surface area contributed by atoms with E-state index in [-0.39, 0.29) is 11.3 Å². The molecule has 5 rings (SSSR count). The molecule has 6 heteroatoms. The van der Waals surface area contributed by atoms with Gasteiger partial charge < -0.3 is 19.7 Å². The number of fused-ring (bicyclic) bond motifs is 2. The molecule has 2 aliphatic rings. The van der Waals surface area contributed by atoms with Gasteiger partial charge in [-0.05, 0) is 49.1 Å². The topological polar surface area (TPSA) is 82.6 Å². The van der Waals surface area contributed by atoms with Gasteiger partial charge in [0.1, 0.15) is 11.5 Å². The summed E-state index contributed by atoms with van der Waals surface area (Å²) in [4.78, 5) is 31.1. The number of H-pyrrole nitrogens is 1. The molecule has 164 valence electrons. The third-order valence-electron chi connectivity index (χ3n) is 6.39. The molecule has 1 amide bonds. The number of aliphatic hydroxyl groups is 1. The maximum Gasteiger partial charge on any atom is 0.295 e. The Labute approximate surface area is 186 Å². The van der Waals surface area contributed by atoms with Gasteiger partial charge in [0.15, 0.2) is 0 Å². The van der Waals surface area contributed by atoms with E-state index in [2.05, 4.69) is 4.98 Å². The van der Waals surface area contributed by atoms with Crippen LogP contribution in [0.1, 0.15) is 48.9 Å². The number of rotatable bonds is 5. The van der Waals surface area contributed by atoms with Crippen LogP contribution in [0, 0.1) is 0 Å². The van der Waals surface area contributed by atoms with Gasteiger partial charge in [0, 0.05) is 34.8 Å². The summed E-state index contributed by atoms with van der Waals surface area (Å²) in [5.74, 6) is -0.519. The number of carbonyl (C=O) groups excluding carboxylic acids is 2. The first-order chi connectivity index (χ1) is 15.6. The second-order valence-corrected chi connectivity index (χ2v) is 8.41. The van der Waals surface area contributed by atoms with Gasteiger partial charge in [0.05, 0.1) is 18.2 Å². The number of para-hydroxylation sites is 1. The van der Waals surface area contributed by atoms with Crippen molar-refractivity contribution in [3.05, 3.63) is 70.9 Å². The van der Waals surface area contributed by atoms with Crippen molar-refractivity contribution in [2.45, 2.75) is 38.6 Å². The molecule has 2 aliphatic heterocycles. The molecule has 32 heavy (non-hydrogen) atoms. The number of unbranched alkanes of at least 4 members (excludes halogenated alkanes) is 1. The van der Waals surface area contributed by atoms with Crippen molar-refractivity contribution >= 4 is 28.4 Å². The highest BCUT2D eigenvalue weighted by atomic mass is 16.5. The first-order valence-corrected chi connectivity index (χ1v) is 11.2. The molecule has 3 aromatic rings. The van der Waals surface area contributed by atoms with E-state index in [4.69, 9.17) is 4.74 Å². The minimum absolute atomic E-state index is 0.133. The number of benzene rings is 2. The number of carbonyl (C=O) groups is 2. The second kappa shape index (κ2) is 8.19. The summed E-state index contributed by atoms with van der Waals surface area (Å²) in [7, 11) is 0. The monoisotopic (exact) mass is 430 g/mol. The average molecular weight is 431 g/mol. The molecule has 1 unspecified atom stereocenters. The summed E-state index contributed by atoms with van der Waals surface area (Å²) in [5, 5.41) is 12.3. The lowest BCUT2D eigenvalue weighted by Gasteiger charge is -2.25. The van der Waals surface area contributed by atoms with E-state index in [1.54, 1.807) is 11.0 Å². The number of hydrogen-bond acceptors (Lipinski definition) is 4. The summed E-state index contributed by atoms with van der Waals surface area (Å²) >= 11 is 0. The maximum absolute atomic E-state index is 13.2. The molecular formula is C26H26N2O4. The van der Waals surface area contributed by atoms with E-state index in [0.29, 0.717) is 18.7 Å². The van der Waals surface area contributed by atoms with E-state index in [9.17, 15) is 14.7 Å². The van der Waals surface area contributed by atoms with Crippen LogP contribution in [-0.2, 0) is 16.0 Å². The fourth-order valence-electron chi connectivity index (χ4n) is 4.75. The van der Waals surface area contributed by atoms with Gasteiger partial charge in [0.2, 0.25) is 0 Å². The predicted octanol–water partition coefficient (Wildman–Crippen LogP) is 4.71. The molecule has 2 N–H and O–H groups in total. The molecule has 2 aromatic carbocycles. The van der Waals surface area contributed by atoms with Crippen LogP contribution in [0.15, 0.2) is 54.2 Å². The van der Waals surface area contributed by atoms with Crippen molar-refractivity contribution in [2.24, 2.45) is 0 Å². The third-order valence-corrected chi connectivity index (χ3v) is 6.39. The maximum atomic E-state index is 13.2. The zero-order valence-corrected chi connectivity index (χ0v) is 18.1. The molecule has 0 bridgehead atoms. The van der Waals surface area contributed by atoms with E-state index < -0.39 is 17.7 Å². The van der Waals surface area contributed by atoms with E-state index in [0.717, 1.165) is 53.5 Å². The van der Waals surface area contributed by atoms with Gasteiger partial charge >= 0.3 is 0 Å². The summed E-state index contributed by atoms with van der Waals surface area (Å²) in [5.41, 5.74) is 3.43. The van der Waals surface area contributed by atoms with Crippen LogP contribution >= 0.6 is 0 Å². The van der Waals surface area contributed by atoms with E-state index >= 15 is 0 Å². The summed E-state index contributed by atoms with van der Waals surface area (Å²) < 4.78 is 5.68. The predicted molar refractivity (Wildman–Crippen MR) is 122 cm³/mol. The van der Waals surface area contributed by atoms with Crippen LogP contribution in [0.4, 0.5) is 0 Å². The summed E-state index contributed by atoms with van der Waals surface area (Å²) in [6, 6.07) is 12.6. The van der Waals surface area contributed by atoms with Gasteiger partial charge in [-0.2, -0.15) is 0 Å². The SMILES string of the molecule is CCCCN1C(=O)C(=O)/C(=C(/O)c2ccc3c(c2)CCCO3)C1c1c[nH]c2ccccc12. The minimum atomic E-state index is -0.636. The van der Waals surface area contributed by atoms with Gasteiger partial charge in [-0.3, -0.25) is 9.59 Å². The van der Waals surface area contributed by atoms with Crippen molar-refractivity contribution in [3.8, 4) is 5.75 Å². The number of amides is 1. The number of Topliss-reactive ketones (excluding diaryl/α,β-unsaturated/α-hetero) is 1. The third kappa shape index (κ3) is 3.27. The first-order valence-electron chi connectivity index (χ1n) is 11.2. The molecule has 1 saturated heterocycles. The van der Waals surface area contributed by atoms with Crippen molar-refractivity contribution in [1.82, 2.24) is 9.88 Å². The highest BCUT2D eigenvalue weighted by molar-refractivity contribution is 6.46. The lowest BCUT2D eigenvalue weighted by molar-refractivity contribution is -0.139. The molecule has 0 aliphatic carbocycles. The number of aromatic amines is 1. The Morgan fingerprint density at radius 3 is 2.91 bits per heavy atom. The van der Waals surface area contributed by atoms with Crippen LogP contribution in [0.3, 0.4) is 0 Å². The largest absolute Gasteiger partial charge is 0.507 e. The number of ketones is 1. The lowest BCUT2D eigenvalue weighted by atomic mass is 9.93. The second-order valence-electron chi connectivity index (χ2n) is 8.41. The van der Waals surface area contributed by atoms with Crippen molar-refractivity contribution in [2.75, 3.05) is 13.2 Å². The Hall–Kier alpha value is -3.54. The van der Waals surface area contributed by atoms with Crippen molar-refractivity contribution in [3.63, 3.8) is 0 Å². The Bertz CT molecular complexity index is 1240. The zero-order valence-electron chi connectivity index (χ0n) is 18.1. The number of aromatic nitrogens is 1. The molecule has 0 saturated carbocycles. The van der Waals surface area contributed by atoms with Crippen LogP contribution in [0.5, 0.6) is 5.75 Å². The molecule has 1 aromatic heterocycles. The number of nitrogens with zero attached hydrogens (tertiary/aromatic N) is 1. The fraction of sp³-hybridized carbons (Fsp3) is 0.308. The highest BCUT2D eigenvalue weighted by Crippen LogP contribution is 2.42. The first kappa shape index (κ1) is 20.4. The molecule has 0 radical (unpaired) electrons. The molecule has 3 heterocycles. The summed E-state index contributed by atoms with van der Waals surface area (Å²) in [6.45, 7) is 3.19. The van der Waals surface area contributed by atoms with Crippen LogP contribution in [-0.4, -0.2) is 39.8 Å². The minimum Gasteiger partial charge on any atom is -0.507 e. The average Bonchev–Trinajstić information content (AvgIpc) is 3.35. The Balaban J connectivity index is 1.67. The number of aryl methyl sites for hydroxylation is 1. The molecule has 1 fully saturated rings. The van der Waals surface area contributed by atoms with Crippen LogP contribution in [0.25, 0.3) is 16.7 Å². The Morgan fingerprint density at radius 1 is 1.22 bits per heavy atom.